The molecule has 5 heteroatoms. The summed E-state index contributed by atoms with van der Waals surface area (Å²) in [5, 5.41) is 12.2. The maximum atomic E-state index is 12.8. The molecule has 1 aliphatic carbocycles. The first-order valence-corrected chi connectivity index (χ1v) is 7.83. The summed E-state index contributed by atoms with van der Waals surface area (Å²) in [6.45, 7) is 0. The highest BCUT2D eigenvalue weighted by Gasteiger charge is 2.30. The Bertz CT molecular complexity index is 515. The SMILES string of the molecule is O=C(CCc1ccc(F)cc1)N[C@H]1CCCCC[C@H]1C(=O)O. The summed E-state index contributed by atoms with van der Waals surface area (Å²) in [7, 11) is 0. The highest BCUT2D eigenvalue weighted by Crippen LogP contribution is 2.24. The van der Waals surface area contributed by atoms with Gasteiger partial charge in [-0.15, -0.1) is 0 Å². The van der Waals surface area contributed by atoms with E-state index in [0.29, 0.717) is 12.8 Å². The molecular formula is C17H22FNO3. The number of hydrogen-bond donors (Lipinski definition) is 2. The van der Waals surface area contributed by atoms with Gasteiger partial charge in [0.2, 0.25) is 5.91 Å². The minimum absolute atomic E-state index is 0.137. The van der Waals surface area contributed by atoms with Crippen LogP contribution in [0.3, 0.4) is 0 Å². The van der Waals surface area contributed by atoms with Crippen molar-refractivity contribution in [3.8, 4) is 0 Å². The average molecular weight is 307 g/mol. The van der Waals surface area contributed by atoms with Crippen LogP contribution in [-0.2, 0) is 16.0 Å². The van der Waals surface area contributed by atoms with E-state index in [4.69, 9.17) is 0 Å². The fourth-order valence-corrected chi connectivity index (χ4v) is 2.96. The second kappa shape index (κ2) is 7.92. The summed E-state index contributed by atoms with van der Waals surface area (Å²) in [5.41, 5.74) is 0.896. The standard InChI is InChI=1S/C17H22FNO3/c18-13-9-6-12(7-10-13)8-11-16(20)19-15-5-3-1-2-4-14(15)17(21)22/h6-7,9-10,14-15H,1-5,8,11H2,(H,19,20)(H,21,22)/t14-,15+/m1/s1. The number of carbonyl (C=O) groups is 2. The van der Waals surface area contributed by atoms with Gasteiger partial charge in [0.1, 0.15) is 5.82 Å². The summed E-state index contributed by atoms with van der Waals surface area (Å²) < 4.78 is 12.8. The first-order chi connectivity index (χ1) is 10.6. The zero-order valence-electron chi connectivity index (χ0n) is 12.6. The smallest absolute Gasteiger partial charge is 0.308 e. The summed E-state index contributed by atoms with van der Waals surface area (Å²) in [5.74, 6) is -1.75. The van der Waals surface area contributed by atoms with Gasteiger partial charge in [-0.1, -0.05) is 31.4 Å². The fourth-order valence-electron chi connectivity index (χ4n) is 2.96. The van der Waals surface area contributed by atoms with Gasteiger partial charge in [0.05, 0.1) is 5.92 Å². The van der Waals surface area contributed by atoms with Crippen LogP contribution in [-0.4, -0.2) is 23.0 Å². The molecule has 1 saturated carbocycles. The molecule has 0 unspecified atom stereocenters. The molecule has 0 aliphatic heterocycles. The molecule has 4 nitrogen and oxygen atoms in total. The predicted molar refractivity (Wildman–Crippen MR) is 80.9 cm³/mol. The number of hydrogen-bond acceptors (Lipinski definition) is 2. The zero-order valence-corrected chi connectivity index (χ0v) is 12.6. The molecule has 1 aromatic rings. The normalized spacial score (nSPS) is 21.9. The highest BCUT2D eigenvalue weighted by molar-refractivity contribution is 5.78. The van der Waals surface area contributed by atoms with Gasteiger partial charge >= 0.3 is 5.97 Å². The Kier molecular flexibility index (Phi) is 5.92. The summed E-state index contributed by atoms with van der Waals surface area (Å²) in [6, 6.07) is 5.79. The molecule has 1 aromatic carbocycles. The van der Waals surface area contributed by atoms with Crippen LogP contribution in [0.4, 0.5) is 4.39 Å². The highest BCUT2D eigenvalue weighted by atomic mass is 19.1. The van der Waals surface area contributed by atoms with Crippen molar-refractivity contribution in [2.75, 3.05) is 0 Å². The lowest BCUT2D eigenvalue weighted by Crippen LogP contribution is -2.42. The van der Waals surface area contributed by atoms with Gasteiger partial charge in [-0.3, -0.25) is 9.59 Å². The molecule has 120 valence electrons. The minimum Gasteiger partial charge on any atom is -0.481 e. The number of carbonyl (C=O) groups excluding carboxylic acids is 1. The average Bonchev–Trinajstić information content (AvgIpc) is 2.72. The molecule has 0 bridgehead atoms. The second-order valence-electron chi connectivity index (χ2n) is 5.88. The minimum atomic E-state index is -0.828. The monoisotopic (exact) mass is 307 g/mol. The van der Waals surface area contributed by atoms with E-state index in [0.717, 1.165) is 31.2 Å². The van der Waals surface area contributed by atoms with Gasteiger partial charge in [-0.25, -0.2) is 4.39 Å². The van der Waals surface area contributed by atoms with Crippen molar-refractivity contribution in [2.45, 2.75) is 51.0 Å². The second-order valence-corrected chi connectivity index (χ2v) is 5.88. The van der Waals surface area contributed by atoms with Crippen molar-refractivity contribution in [2.24, 2.45) is 5.92 Å². The van der Waals surface area contributed by atoms with E-state index in [1.54, 1.807) is 12.1 Å². The number of aliphatic carboxylic acids is 1. The Morgan fingerprint density at radius 3 is 2.50 bits per heavy atom. The largest absolute Gasteiger partial charge is 0.481 e. The third kappa shape index (κ3) is 4.83. The fraction of sp³-hybridized carbons (Fsp3) is 0.529. The first kappa shape index (κ1) is 16.5. The van der Waals surface area contributed by atoms with E-state index in [2.05, 4.69) is 5.32 Å². The van der Waals surface area contributed by atoms with Crippen molar-refractivity contribution in [1.82, 2.24) is 5.32 Å². The van der Waals surface area contributed by atoms with Crippen LogP contribution in [0, 0.1) is 11.7 Å². The van der Waals surface area contributed by atoms with Crippen molar-refractivity contribution >= 4 is 11.9 Å². The Morgan fingerprint density at radius 1 is 1.14 bits per heavy atom. The van der Waals surface area contributed by atoms with Crippen LogP contribution in [0.5, 0.6) is 0 Å². The van der Waals surface area contributed by atoms with Crippen molar-refractivity contribution in [3.05, 3.63) is 35.6 Å². The van der Waals surface area contributed by atoms with Crippen molar-refractivity contribution in [3.63, 3.8) is 0 Å². The van der Waals surface area contributed by atoms with Gasteiger partial charge in [0.25, 0.3) is 0 Å². The Balaban J connectivity index is 1.86. The third-order valence-corrected chi connectivity index (χ3v) is 4.23. The lowest BCUT2D eigenvalue weighted by molar-refractivity contribution is -0.143. The number of aryl methyl sites for hydroxylation is 1. The van der Waals surface area contributed by atoms with Gasteiger partial charge in [0, 0.05) is 12.5 Å². The first-order valence-electron chi connectivity index (χ1n) is 7.83. The molecule has 1 aliphatic rings. The number of nitrogens with one attached hydrogen (secondary N) is 1. The van der Waals surface area contributed by atoms with E-state index in [-0.39, 0.29) is 24.2 Å². The van der Waals surface area contributed by atoms with Crippen LogP contribution in [0.25, 0.3) is 0 Å². The lowest BCUT2D eigenvalue weighted by Gasteiger charge is -2.22. The third-order valence-electron chi connectivity index (χ3n) is 4.23. The van der Waals surface area contributed by atoms with Crippen LogP contribution in [0.15, 0.2) is 24.3 Å². The molecule has 0 radical (unpaired) electrons. The van der Waals surface area contributed by atoms with Gasteiger partial charge in [0.15, 0.2) is 0 Å². The predicted octanol–water partition coefficient (Wildman–Crippen LogP) is 2.91. The van der Waals surface area contributed by atoms with E-state index < -0.39 is 11.9 Å². The van der Waals surface area contributed by atoms with E-state index in [1.807, 2.05) is 0 Å². The molecule has 1 amide bonds. The number of halogens is 1. The van der Waals surface area contributed by atoms with Crippen LogP contribution in [0.2, 0.25) is 0 Å². The zero-order chi connectivity index (χ0) is 15.9. The summed E-state index contributed by atoms with van der Waals surface area (Å²) in [4.78, 5) is 23.4. The Hall–Kier alpha value is -1.91. The molecule has 2 atom stereocenters. The Morgan fingerprint density at radius 2 is 1.82 bits per heavy atom. The lowest BCUT2D eigenvalue weighted by atomic mass is 9.94. The van der Waals surface area contributed by atoms with E-state index >= 15 is 0 Å². The summed E-state index contributed by atoms with van der Waals surface area (Å²) in [6.07, 6.45) is 5.03. The number of rotatable bonds is 5. The molecule has 0 aromatic heterocycles. The molecule has 2 N–H and O–H groups in total. The number of amides is 1. The molecule has 0 spiro atoms. The van der Waals surface area contributed by atoms with Crippen LogP contribution in [0.1, 0.15) is 44.1 Å². The number of carboxylic acid groups (broad SMARTS) is 1. The van der Waals surface area contributed by atoms with E-state index in [9.17, 15) is 19.1 Å². The van der Waals surface area contributed by atoms with Crippen molar-refractivity contribution in [1.29, 1.82) is 0 Å². The van der Waals surface area contributed by atoms with Crippen LogP contribution >= 0.6 is 0 Å². The quantitative estimate of drug-likeness (QED) is 0.822. The van der Waals surface area contributed by atoms with Gasteiger partial charge in [-0.2, -0.15) is 0 Å². The molecule has 1 fully saturated rings. The molecular weight excluding hydrogens is 285 g/mol. The maximum absolute atomic E-state index is 12.8. The number of carboxylic acids is 1. The maximum Gasteiger partial charge on any atom is 0.308 e. The molecule has 0 saturated heterocycles. The Labute approximate surface area is 129 Å². The molecule has 2 rings (SSSR count). The molecule has 0 heterocycles. The van der Waals surface area contributed by atoms with Gasteiger partial charge in [-0.05, 0) is 37.0 Å². The molecule has 22 heavy (non-hydrogen) atoms. The summed E-state index contributed by atoms with van der Waals surface area (Å²) >= 11 is 0. The van der Waals surface area contributed by atoms with E-state index in [1.165, 1.54) is 12.1 Å². The topological polar surface area (TPSA) is 66.4 Å². The van der Waals surface area contributed by atoms with Crippen LogP contribution < -0.4 is 5.32 Å². The number of benzene rings is 1. The van der Waals surface area contributed by atoms with Gasteiger partial charge < -0.3 is 10.4 Å². The van der Waals surface area contributed by atoms with Crippen molar-refractivity contribution < 1.29 is 19.1 Å².